The maximum Gasteiger partial charge on any atom is 0.380 e. The van der Waals surface area contributed by atoms with E-state index >= 15 is 0 Å². The maximum absolute atomic E-state index is 13.9. The molecule has 0 spiro atoms. The van der Waals surface area contributed by atoms with Crippen LogP contribution < -0.4 is 4.74 Å². The Balaban J connectivity index is 2.72. The molecule has 0 amide bonds. The second-order valence-corrected chi connectivity index (χ2v) is 4.92. The van der Waals surface area contributed by atoms with E-state index in [9.17, 15) is 18.7 Å². The van der Waals surface area contributed by atoms with Crippen LogP contribution in [0.1, 0.15) is 25.8 Å². The van der Waals surface area contributed by atoms with E-state index in [-0.39, 0.29) is 19.4 Å². The van der Waals surface area contributed by atoms with E-state index in [2.05, 4.69) is 4.74 Å². The monoisotopic (exact) mass is 302 g/mol. The van der Waals surface area contributed by atoms with Gasteiger partial charge in [0, 0.05) is 0 Å². The van der Waals surface area contributed by atoms with Crippen molar-refractivity contribution < 1.29 is 28.2 Å². The maximum atomic E-state index is 13.9. The van der Waals surface area contributed by atoms with Crippen LogP contribution in [0.2, 0.25) is 0 Å². The van der Waals surface area contributed by atoms with Gasteiger partial charge in [-0.3, -0.25) is 0 Å². The molecule has 1 atom stereocenters. The van der Waals surface area contributed by atoms with Gasteiger partial charge in [-0.15, -0.1) is 0 Å². The molecule has 0 heterocycles. The number of alkyl halides is 2. The van der Waals surface area contributed by atoms with Crippen molar-refractivity contribution in [1.29, 1.82) is 0 Å². The molecule has 118 valence electrons. The van der Waals surface area contributed by atoms with Crippen molar-refractivity contribution in [1.82, 2.24) is 0 Å². The molecule has 0 radical (unpaired) electrons. The summed E-state index contributed by atoms with van der Waals surface area (Å²) in [5.41, 5.74) is -1.71. The smallest absolute Gasteiger partial charge is 0.380 e. The quantitative estimate of drug-likeness (QED) is 0.787. The van der Waals surface area contributed by atoms with Crippen molar-refractivity contribution in [2.24, 2.45) is 0 Å². The van der Waals surface area contributed by atoms with Crippen molar-refractivity contribution in [3.63, 3.8) is 0 Å². The molecule has 0 saturated heterocycles. The Morgan fingerprint density at radius 2 is 1.86 bits per heavy atom. The molecule has 0 aliphatic carbocycles. The molecule has 0 bridgehead atoms. The summed E-state index contributed by atoms with van der Waals surface area (Å²) in [5, 5.41) is 9.93. The molecule has 1 N–H and O–H groups in total. The lowest BCUT2D eigenvalue weighted by atomic mass is 9.90. The topological polar surface area (TPSA) is 55.8 Å². The SMILES string of the molecule is CCOC(=O)C(F)(F)C(C)(O)CCc1ccc(OC)cc1. The zero-order valence-electron chi connectivity index (χ0n) is 12.4. The van der Waals surface area contributed by atoms with Crippen LogP contribution in [0, 0.1) is 0 Å². The van der Waals surface area contributed by atoms with E-state index in [0.717, 1.165) is 12.5 Å². The fourth-order valence-electron chi connectivity index (χ4n) is 1.78. The van der Waals surface area contributed by atoms with E-state index in [1.165, 1.54) is 14.0 Å². The molecule has 0 aliphatic rings. The number of carbonyl (C=O) groups excluding carboxylic acids is 1. The number of ether oxygens (including phenoxy) is 2. The summed E-state index contributed by atoms with van der Waals surface area (Å²) in [6.45, 7) is 2.20. The Hall–Kier alpha value is -1.69. The number of rotatable bonds is 7. The number of benzene rings is 1. The highest BCUT2D eigenvalue weighted by atomic mass is 19.3. The largest absolute Gasteiger partial charge is 0.497 e. The first kappa shape index (κ1) is 17.4. The second kappa shape index (κ2) is 6.85. The minimum absolute atomic E-state index is 0.164. The highest BCUT2D eigenvalue weighted by Gasteiger charge is 2.56. The minimum atomic E-state index is -3.95. The molecule has 21 heavy (non-hydrogen) atoms. The third-order valence-corrected chi connectivity index (χ3v) is 3.27. The predicted octanol–water partition coefficient (Wildman–Crippen LogP) is 2.58. The van der Waals surface area contributed by atoms with E-state index < -0.39 is 17.5 Å². The molecule has 1 rings (SSSR count). The van der Waals surface area contributed by atoms with Crippen LogP contribution in [0.4, 0.5) is 8.78 Å². The summed E-state index contributed by atoms with van der Waals surface area (Å²) in [4.78, 5) is 11.3. The van der Waals surface area contributed by atoms with Crippen LogP contribution in [0.3, 0.4) is 0 Å². The van der Waals surface area contributed by atoms with Gasteiger partial charge < -0.3 is 14.6 Å². The summed E-state index contributed by atoms with van der Waals surface area (Å²) >= 11 is 0. The van der Waals surface area contributed by atoms with Crippen LogP contribution in [0.15, 0.2) is 24.3 Å². The van der Waals surface area contributed by atoms with E-state index in [1.54, 1.807) is 24.3 Å². The lowest BCUT2D eigenvalue weighted by Gasteiger charge is -2.30. The lowest BCUT2D eigenvalue weighted by molar-refractivity contribution is -0.210. The number of aryl methyl sites for hydroxylation is 1. The van der Waals surface area contributed by atoms with E-state index in [0.29, 0.717) is 5.75 Å². The second-order valence-electron chi connectivity index (χ2n) is 4.92. The molecule has 1 unspecified atom stereocenters. The van der Waals surface area contributed by atoms with Gasteiger partial charge in [-0.05, 0) is 44.4 Å². The molecule has 6 heteroatoms. The van der Waals surface area contributed by atoms with Crippen LogP contribution in [-0.4, -0.2) is 36.3 Å². The van der Waals surface area contributed by atoms with Crippen molar-refractivity contribution >= 4 is 5.97 Å². The minimum Gasteiger partial charge on any atom is -0.497 e. The summed E-state index contributed by atoms with van der Waals surface area (Å²) in [7, 11) is 1.53. The van der Waals surface area contributed by atoms with Gasteiger partial charge in [-0.25, -0.2) is 4.79 Å². The fourth-order valence-corrected chi connectivity index (χ4v) is 1.78. The first-order valence-corrected chi connectivity index (χ1v) is 6.65. The van der Waals surface area contributed by atoms with Gasteiger partial charge in [0.05, 0.1) is 13.7 Å². The number of methoxy groups -OCH3 is 1. The zero-order valence-corrected chi connectivity index (χ0v) is 12.4. The zero-order chi connectivity index (χ0) is 16.1. The van der Waals surface area contributed by atoms with Gasteiger partial charge in [-0.2, -0.15) is 8.78 Å². The first-order valence-electron chi connectivity index (χ1n) is 6.65. The van der Waals surface area contributed by atoms with Gasteiger partial charge in [0.2, 0.25) is 0 Å². The van der Waals surface area contributed by atoms with Crippen molar-refractivity contribution in [2.75, 3.05) is 13.7 Å². The van der Waals surface area contributed by atoms with Gasteiger partial charge in [0.1, 0.15) is 11.4 Å². The van der Waals surface area contributed by atoms with Crippen LogP contribution in [-0.2, 0) is 16.0 Å². The normalized spacial score (nSPS) is 14.4. The number of carbonyl (C=O) groups is 1. The number of aliphatic hydroxyl groups is 1. The lowest BCUT2D eigenvalue weighted by Crippen LogP contribution is -2.52. The molecule has 0 saturated carbocycles. The Bertz CT molecular complexity index is 469. The molecule has 1 aromatic rings. The first-order chi connectivity index (χ1) is 9.74. The van der Waals surface area contributed by atoms with Gasteiger partial charge in [0.15, 0.2) is 0 Å². The summed E-state index contributed by atoms with van der Waals surface area (Å²) in [6, 6.07) is 6.84. The van der Waals surface area contributed by atoms with Crippen LogP contribution in [0.5, 0.6) is 5.75 Å². The van der Waals surface area contributed by atoms with Crippen LogP contribution >= 0.6 is 0 Å². The molecule has 4 nitrogen and oxygen atoms in total. The number of esters is 1. The number of halogens is 2. The van der Waals surface area contributed by atoms with Crippen LogP contribution in [0.25, 0.3) is 0 Å². The molecular weight excluding hydrogens is 282 g/mol. The Morgan fingerprint density at radius 1 is 1.29 bits per heavy atom. The van der Waals surface area contributed by atoms with Crippen molar-refractivity contribution in [2.45, 2.75) is 38.2 Å². The Labute approximate surface area is 122 Å². The molecule has 0 fully saturated rings. The van der Waals surface area contributed by atoms with Gasteiger partial charge in [0.25, 0.3) is 0 Å². The number of hydrogen-bond acceptors (Lipinski definition) is 4. The predicted molar refractivity (Wildman–Crippen MR) is 73.5 cm³/mol. The van der Waals surface area contributed by atoms with Gasteiger partial charge >= 0.3 is 11.9 Å². The highest BCUT2D eigenvalue weighted by molar-refractivity contribution is 5.79. The molecule has 1 aromatic carbocycles. The van der Waals surface area contributed by atoms with Crippen molar-refractivity contribution in [3.8, 4) is 5.75 Å². The Kier molecular flexibility index (Phi) is 5.66. The average molecular weight is 302 g/mol. The fraction of sp³-hybridized carbons (Fsp3) is 0.533. The van der Waals surface area contributed by atoms with E-state index in [4.69, 9.17) is 4.74 Å². The third kappa shape index (κ3) is 4.14. The summed E-state index contributed by atoms with van der Waals surface area (Å²) < 4.78 is 37.0. The number of hydrogen-bond donors (Lipinski definition) is 1. The third-order valence-electron chi connectivity index (χ3n) is 3.27. The van der Waals surface area contributed by atoms with Crippen molar-refractivity contribution in [3.05, 3.63) is 29.8 Å². The van der Waals surface area contributed by atoms with Gasteiger partial charge in [-0.1, -0.05) is 12.1 Å². The highest BCUT2D eigenvalue weighted by Crippen LogP contribution is 2.33. The summed E-state index contributed by atoms with van der Waals surface area (Å²) in [6.07, 6.45) is -0.0723. The molecule has 0 aromatic heterocycles. The molecule has 0 aliphatic heterocycles. The van der Waals surface area contributed by atoms with E-state index in [1.807, 2.05) is 0 Å². The molecular formula is C15H20F2O4. The average Bonchev–Trinajstić information content (AvgIpc) is 2.45. The summed E-state index contributed by atoms with van der Waals surface area (Å²) in [5.74, 6) is -5.00. The standard InChI is InChI=1S/C15H20F2O4/c1-4-21-13(18)15(16,17)14(2,19)10-9-11-5-7-12(20-3)8-6-11/h5-8,19H,4,9-10H2,1-3H3. The Morgan fingerprint density at radius 3 is 2.33 bits per heavy atom.